The predicted molar refractivity (Wildman–Crippen MR) is 62.3 cm³/mol. The number of hydrogen-bond donors (Lipinski definition) is 0. The van der Waals surface area contributed by atoms with Crippen LogP contribution in [0.5, 0.6) is 0 Å². The highest BCUT2D eigenvalue weighted by Crippen LogP contribution is 2.32. The van der Waals surface area contributed by atoms with E-state index in [1.807, 2.05) is 0 Å². The van der Waals surface area contributed by atoms with Crippen LogP contribution in [-0.2, 0) is 0 Å². The van der Waals surface area contributed by atoms with Crippen LogP contribution in [-0.4, -0.2) is 6.29 Å². The summed E-state index contributed by atoms with van der Waals surface area (Å²) >= 11 is 0.768. The molecule has 0 fully saturated rings. The van der Waals surface area contributed by atoms with Crippen LogP contribution in [0.3, 0.4) is 0 Å². The molecule has 0 N–H and O–H groups in total. The maximum Gasteiger partial charge on any atom is 0.150 e. The standard InChI is InChI=1S/C13H7F3OS/c14-9-2-1-3-10(6-9)18-13-11(15)4-8(7-17)5-12(13)16/h1-7H. The summed E-state index contributed by atoms with van der Waals surface area (Å²) in [5, 5.41) is 0. The fourth-order valence-corrected chi connectivity index (χ4v) is 2.26. The third kappa shape index (κ3) is 2.73. The highest BCUT2D eigenvalue weighted by molar-refractivity contribution is 7.99. The minimum atomic E-state index is -0.841. The molecule has 0 saturated carbocycles. The molecular weight excluding hydrogens is 261 g/mol. The van der Waals surface area contributed by atoms with Crippen LogP contribution in [0.25, 0.3) is 0 Å². The zero-order valence-electron chi connectivity index (χ0n) is 8.99. The summed E-state index contributed by atoms with van der Waals surface area (Å²) in [6.07, 6.45) is 0.364. The minimum Gasteiger partial charge on any atom is -0.298 e. The average Bonchev–Trinajstić information content (AvgIpc) is 2.33. The van der Waals surface area contributed by atoms with Gasteiger partial charge in [0.15, 0.2) is 0 Å². The molecule has 0 unspecified atom stereocenters. The van der Waals surface area contributed by atoms with Gasteiger partial charge in [0.1, 0.15) is 23.7 Å². The van der Waals surface area contributed by atoms with E-state index in [1.54, 1.807) is 6.07 Å². The van der Waals surface area contributed by atoms with Crippen LogP contribution >= 0.6 is 11.8 Å². The summed E-state index contributed by atoms with van der Waals surface area (Å²) in [6.45, 7) is 0. The van der Waals surface area contributed by atoms with Crippen LogP contribution < -0.4 is 0 Å². The predicted octanol–water partition coefficient (Wildman–Crippen LogP) is 4.07. The first kappa shape index (κ1) is 12.7. The number of carbonyl (C=O) groups is 1. The Morgan fingerprint density at radius 3 is 2.22 bits per heavy atom. The minimum absolute atomic E-state index is 0.0754. The average molecular weight is 268 g/mol. The second kappa shape index (κ2) is 5.27. The lowest BCUT2D eigenvalue weighted by Gasteiger charge is -2.05. The fourth-order valence-electron chi connectivity index (χ4n) is 1.39. The Morgan fingerprint density at radius 1 is 1.00 bits per heavy atom. The van der Waals surface area contributed by atoms with E-state index >= 15 is 0 Å². The van der Waals surface area contributed by atoms with Gasteiger partial charge in [0.25, 0.3) is 0 Å². The summed E-state index contributed by atoms with van der Waals surface area (Å²) in [5.74, 6) is -2.16. The van der Waals surface area contributed by atoms with E-state index in [2.05, 4.69) is 0 Å². The first-order chi connectivity index (χ1) is 8.60. The van der Waals surface area contributed by atoms with Gasteiger partial charge in [-0.2, -0.15) is 0 Å². The van der Waals surface area contributed by atoms with Gasteiger partial charge in [0, 0.05) is 10.5 Å². The Hall–Kier alpha value is -1.75. The molecule has 92 valence electrons. The zero-order chi connectivity index (χ0) is 13.1. The Morgan fingerprint density at radius 2 is 1.67 bits per heavy atom. The molecule has 0 amide bonds. The second-order valence-electron chi connectivity index (χ2n) is 3.49. The van der Waals surface area contributed by atoms with Crippen molar-refractivity contribution in [3.63, 3.8) is 0 Å². The van der Waals surface area contributed by atoms with E-state index in [4.69, 9.17) is 0 Å². The van der Waals surface area contributed by atoms with Gasteiger partial charge in [-0.15, -0.1) is 0 Å². The van der Waals surface area contributed by atoms with Crippen LogP contribution in [0.2, 0.25) is 0 Å². The van der Waals surface area contributed by atoms with Crippen molar-refractivity contribution in [2.45, 2.75) is 9.79 Å². The fraction of sp³-hybridized carbons (Fsp3) is 0. The van der Waals surface area contributed by atoms with E-state index in [0.29, 0.717) is 11.2 Å². The van der Waals surface area contributed by atoms with Crippen molar-refractivity contribution in [2.75, 3.05) is 0 Å². The van der Waals surface area contributed by atoms with Crippen molar-refractivity contribution in [1.29, 1.82) is 0 Å². The van der Waals surface area contributed by atoms with Crippen molar-refractivity contribution < 1.29 is 18.0 Å². The van der Waals surface area contributed by atoms with Crippen molar-refractivity contribution in [3.05, 3.63) is 59.4 Å². The molecule has 0 aromatic heterocycles. The first-order valence-corrected chi connectivity index (χ1v) is 5.79. The lowest BCUT2D eigenvalue weighted by Crippen LogP contribution is -1.92. The van der Waals surface area contributed by atoms with Gasteiger partial charge in [-0.25, -0.2) is 13.2 Å². The van der Waals surface area contributed by atoms with E-state index in [1.165, 1.54) is 18.2 Å². The largest absolute Gasteiger partial charge is 0.298 e. The molecule has 0 spiro atoms. The molecule has 0 bridgehead atoms. The highest BCUT2D eigenvalue weighted by Gasteiger charge is 2.12. The van der Waals surface area contributed by atoms with Gasteiger partial charge in [0.05, 0.1) is 4.90 Å². The van der Waals surface area contributed by atoms with Crippen LogP contribution in [0.4, 0.5) is 13.2 Å². The molecule has 0 aliphatic carbocycles. The number of halogens is 3. The van der Waals surface area contributed by atoms with Crippen molar-refractivity contribution in [3.8, 4) is 0 Å². The topological polar surface area (TPSA) is 17.1 Å². The lowest BCUT2D eigenvalue weighted by molar-refractivity contribution is 0.112. The quantitative estimate of drug-likeness (QED) is 0.781. The maximum absolute atomic E-state index is 13.6. The van der Waals surface area contributed by atoms with Gasteiger partial charge in [-0.3, -0.25) is 4.79 Å². The Labute approximate surface area is 106 Å². The van der Waals surface area contributed by atoms with Gasteiger partial charge >= 0.3 is 0 Å². The van der Waals surface area contributed by atoms with Crippen LogP contribution in [0, 0.1) is 17.5 Å². The third-order valence-electron chi connectivity index (χ3n) is 2.17. The second-order valence-corrected chi connectivity index (χ2v) is 4.57. The Balaban J connectivity index is 2.37. The third-order valence-corrected chi connectivity index (χ3v) is 3.26. The molecule has 0 aliphatic heterocycles. The maximum atomic E-state index is 13.6. The molecule has 18 heavy (non-hydrogen) atoms. The molecular formula is C13H7F3OS. The first-order valence-electron chi connectivity index (χ1n) is 4.98. The molecule has 2 aromatic carbocycles. The molecule has 0 atom stereocenters. The normalized spacial score (nSPS) is 10.4. The molecule has 0 aliphatic rings. The molecule has 1 nitrogen and oxygen atoms in total. The van der Waals surface area contributed by atoms with Gasteiger partial charge in [0.2, 0.25) is 0 Å². The van der Waals surface area contributed by atoms with E-state index in [0.717, 1.165) is 23.9 Å². The highest BCUT2D eigenvalue weighted by atomic mass is 32.2. The number of rotatable bonds is 3. The molecule has 0 radical (unpaired) electrons. The number of hydrogen-bond acceptors (Lipinski definition) is 2. The number of aldehydes is 1. The van der Waals surface area contributed by atoms with Gasteiger partial charge in [-0.1, -0.05) is 17.8 Å². The Bertz CT molecular complexity index is 576. The summed E-state index contributed by atoms with van der Waals surface area (Å²) in [5.41, 5.74) is -0.0754. The molecule has 2 aromatic rings. The van der Waals surface area contributed by atoms with Crippen molar-refractivity contribution in [2.24, 2.45) is 0 Å². The SMILES string of the molecule is O=Cc1cc(F)c(Sc2cccc(F)c2)c(F)c1. The van der Waals surface area contributed by atoms with Gasteiger partial charge < -0.3 is 0 Å². The number of benzene rings is 2. The smallest absolute Gasteiger partial charge is 0.150 e. The molecule has 5 heteroatoms. The summed E-state index contributed by atoms with van der Waals surface area (Å²) in [4.78, 5) is 10.6. The van der Waals surface area contributed by atoms with E-state index in [9.17, 15) is 18.0 Å². The van der Waals surface area contributed by atoms with Gasteiger partial charge in [-0.05, 0) is 30.3 Å². The molecule has 2 rings (SSSR count). The van der Waals surface area contributed by atoms with Crippen LogP contribution in [0.15, 0.2) is 46.2 Å². The van der Waals surface area contributed by atoms with E-state index in [-0.39, 0.29) is 10.5 Å². The number of carbonyl (C=O) groups excluding carboxylic acids is 1. The summed E-state index contributed by atoms with van der Waals surface area (Å²) in [6, 6.07) is 7.30. The van der Waals surface area contributed by atoms with Crippen molar-refractivity contribution in [1.82, 2.24) is 0 Å². The van der Waals surface area contributed by atoms with E-state index < -0.39 is 17.5 Å². The van der Waals surface area contributed by atoms with Crippen LogP contribution in [0.1, 0.15) is 10.4 Å². The molecule has 0 saturated heterocycles. The van der Waals surface area contributed by atoms with Crippen molar-refractivity contribution >= 4 is 18.0 Å². The monoisotopic (exact) mass is 268 g/mol. The molecule has 0 heterocycles. The lowest BCUT2D eigenvalue weighted by atomic mass is 10.2. The summed E-state index contributed by atoms with van der Waals surface area (Å²) < 4.78 is 40.1. The Kier molecular flexibility index (Phi) is 3.72. The zero-order valence-corrected chi connectivity index (χ0v) is 9.81. The summed E-state index contributed by atoms with van der Waals surface area (Å²) in [7, 11) is 0.